The average Bonchev–Trinajstić information content (AvgIpc) is 2.30. The molecule has 0 bridgehead atoms. The Balaban J connectivity index is 2.74. The number of benzene rings is 1. The Morgan fingerprint density at radius 3 is 2.53 bits per heavy atom. The largest absolute Gasteiger partial charge is 0.480 e. The molecule has 0 radical (unpaired) electrons. The third kappa shape index (κ3) is 4.53. The maximum absolute atomic E-state index is 11.7. The zero-order chi connectivity index (χ0) is 14.6. The number of aliphatic hydroxyl groups is 1. The van der Waals surface area contributed by atoms with Crippen molar-refractivity contribution in [2.24, 2.45) is 0 Å². The van der Waals surface area contributed by atoms with Crippen LogP contribution < -0.4 is 10.6 Å². The third-order valence-electron chi connectivity index (χ3n) is 2.48. The van der Waals surface area contributed by atoms with Crippen molar-refractivity contribution in [2.75, 3.05) is 5.32 Å². The van der Waals surface area contributed by atoms with Gasteiger partial charge in [0.2, 0.25) is 0 Å². The number of carbonyl (C=O) groups is 2. The molecular formula is C12H15BrN2O4. The molecule has 0 saturated heterocycles. The van der Waals surface area contributed by atoms with Gasteiger partial charge in [-0.05, 0) is 31.5 Å². The number of carboxylic acid groups (broad SMARTS) is 1. The summed E-state index contributed by atoms with van der Waals surface area (Å²) in [6.45, 7) is 3.11. The van der Waals surface area contributed by atoms with E-state index in [1.807, 2.05) is 19.1 Å². The molecular weight excluding hydrogens is 316 g/mol. The highest BCUT2D eigenvalue weighted by atomic mass is 79.9. The van der Waals surface area contributed by atoms with Crippen molar-refractivity contribution in [2.45, 2.75) is 26.0 Å². The fraction of sp³-hybridized carbons (Fsp3) is 0.333. The molecule has 0 saturated carbocycles. The maximum Gasteiger partial charge on any atom is 0.328 e. The van der Waals surface area contributed by atoms with Crippen LogP contribution in [0.2, 0.25) is 0 Å². The first kappa shape index (κ1) is 15.5. The average molecular weight is 331 g/mol. The van der Waals surface area contributed by atoms with Gasteiger partial charge < -0.3 is 20.8 Å². The van der Waals surface area contributed by atoms with Gasteiger partial charge in [-0.15, -0.1) is 0 Å². The molecule has 0 heterocycles. The molecule has 2 amide bonds. The number of aryl methyl sites for hydroxylation is 1. The quantitative estimate of drug-likeness (QED) is 0.675. The fourth-order valence-electron chi connectivity index (χ4n) is 1.42. The molecule has 7 heteroatoms. The van der Waals surface area contributed by atoms with Crippen LogP contribution in [-0.4, -0.2) is 34.4 Å². The monoisotopic (exact) mass is 330 g/mol. The van der Waals surface area contributed by atoms with Crippen LogP contribution in [0.5, 0.6) is 0 Å². The molecule has 1 aromatic carbocycles. The van der Waals surface area contributed by atoms with Gasteiger partial charge in [0.05, 0.1) is 6.10 Å². The van der Waals surface area contributed by atoms with Gasteiger partial charge in [-0.1, -0.05) is 22.0 Å². The van der Waals surface area contributed by atoms with Crippen molar-refractivity contribution in [1.82, 2.24) is 5.32 Å². The highest BCUT2D eigenvalue weighted by Crippen LogP contribution is 2.20. The topological polar surface area (TPSA) is 98.7 Å². The molecule has 0 spiro atoms. The Hall–Kier alpha value is -1.60. The van der Waals surface area contributed by atoms with Gasteiger partial charge in [0.1, 0.15) is 0 Å². The van der Waals surface area contributed by atoms with Gasteiger partial charge >= 0.3 is 12.0 Å². The number of amides is 2. The van der Waals surface area contributed by atoms with E-state index in [4.69, 9.17) is 5.11 Å². The highest BCUT2D eigenvalue weighted by Gasteiger charge is 2.25. The second-order valence-corrected chi connectivity index (χ2v) is 5.03. The summed E-state index contributed by atoms with van der Waals surface area (Å²) in [5.74, 6) is -1.30. The number of hydrogen-bond donors (Lipinski definition) is 4. The van der Waals surface area contributed by atoms with E-state index in [0.717, 1.165) is 10.0 Å². The van der Waals surface area contributed by atoms with Crippen molar-refractivity contribution in [3.8, 4) is 0 Å². The lowest BCUT2D eigenvalue weighted by Crippen LogP contribution is -2.49. The van der Waals surface area contributed by atoms with Crippen LogP contribution in [-0.2, 0) is 4.79 Å². The number of halogens is 1. The van der Waals surface area contributed by atoms with Crippen molar-refractivity contribution in [1.29, 1.82) is 0 Å². The Kier molecular flexibility index (Phi) is 5.31. The summed E-state index contributed by atoms with van der Waals surface area (Å²) in [6.07, 6.45) is -1.19. The van der Waals surface area contributed by atoms with Crippen molar-refractivity contribution in [3.05, 3.63) is 28.2 Å². The highest BCUT2D eigenvalue weighted by molar-refractivity contribution is 9.10. The minimum atomic E-state index is -1.35. The van der Waals surface area contributed by atoms with Gasteiger partial charge in [-0.25, -0.2) is 9.59 Å². The van der Waals surface area contributed by atoms with Crippen molar-refractivity contribution >= 4 is 33.6 Å². The predicted molar refractivity (Wildman–Crippen MR) is 74.1 cm³/mol. The summed E-state index contributed by atoms with van der Waals surface area (Å²) in [4.78, 5) is 22.5. The standard InChI is InChI=1S/C12H15BrN2O4/c1-6-3-4-8(13)5-9(6)14-12(19)15-10(7(2)16)11(17)18/h3-5,7,10,16H,1-2H3,(H,17,18)(H2,14,15,19). The lowest BCUT2D eigenvalue weighted by Gasteiger charge is -2.18. The summed E-state index contributed by atoms with van der Waals surface area (Å²) < 4.78 is 0.790. The number of aliphatic carboxylic acids is 1. The van der Waals surface area contributed by atoms with E-state index in [2.05, 4.69) is 26.6 Å². The molecule has 4 N–H and O–H groups in total. The molecule has 1 rings (SSSR count). The van der Waals surface area contributed by atoms with Gasteiger partial charge in [0.15, 0.2) is 6.04 Å². The second kappa shape index (κ2) is 6.53. The Labute approximate surface area is 118 Å². The van der Waals surface area contributed by atoms with Crippen LogP contribution >= 0.6 is 15.9 Å². The molecule has 0 aliphatic rings. The van der Waals surface area contributed by atoms with E-state index in [-0.39, 0.29) is 0 Å². The molecule has 1 aromatic rings. The van der Waals surface area contributed by atoms with E-state index in [9.17, 15) is 14.7 Å². The molecule has 0 aliphatic heterocycles. The Bertz CT molecular complexity index is 491. The van der Waals surface area contributed by atoms with E-state index in [1.165, 1.54) is 6.92 Å². The smallest absolute Gasteiger partial charge is 0.328 e. The SMILES string of the molecule is Cc1ccc(Br)cc1NC(=O)NC(C(=O)O)C(C)O. The molecule has 0 fully saturated rings. The van der Waals surface area contributed by atoms with Crippen molar-refractivity contribution < 1.29 is 19.8 Å². The molecule has 0 aromatic heterocycles. The van der Waals surface area contributed by atoms with Crippen LogP contribution in [0.3, 0.4) is 0 Å². The van der Waals surface area contributed by atoms with Crippen LogP contribution in [0.1, 0.15) is 12.5 Å². The summed E-state index contributed by atoms with van der Waals surface area (Å²) in [5, 5.41) is 22.8. The summed E-state index contributed by atoms with van der Waals surface area (Å²) in [5.41, 5.74) is 1.39. The summed E-state index contributed by atoms with van der Waals surface area (Å²) in [7, 11) is 0. The van der Waals surface area contributed by atoms with Gasteiger partial charge in [0, 0.05) is 10.2 Å². The molecule has 104 valence electrons. The minimum Gasteiger partial charge on any atom is -0.480 e. The van der Waals surface area contributed by atoms with Crippen molar-refractivity contribution in [3.63, 3.8) is 0 Å². The maximum atomic E-state index is 11.7. The summed E-state index contributed by atoms with van der Waals surface area (Å²) in [6, 6.07) is 3.30. The first-order chi connectivity index (χ1) is 8.81. The first-order valence-corrected chi connectivity index (χ1v) is 6.35. The molecule has 6 nitrogen and oxygen atoms in total. The minimum absolute atomic E-state index is 0.557. The molecule has 2 atom stereocenters. The molecule has 19 heavy (non-hydrogen) atoms. The number of rotatable bonds is 4. The van der Waals surface area contributed by atoms with Crippen LogP contribution in [0.4, 0.5) is 10.5 Å². The second-order valence-electron chi connectivity index (χ2n) is 4.11. The van der Waals surface area contributed by atoms with E-state index < -0.39 is 24.1 Å². The lowest BCUT2D eigenvalue weighted by molar-refractivity contribution is -0.141. The fourth-order valence-corrected chi connectivity index (χ4v) is 1.78. The Morgan fingerprint density at radius 1 is 1.37 bits per heavy atom. The number of urea groups is 1. The number of hydrogen-bond acceptors (Lipinski definition) is 3. The number of carbonyl (C=O) groups excluding carboxylic acids is 1. The predicted octanol–water partition coefficient (Wildman–Crippen LogP) is 1.71. The normalized spacial score (nSPS) is 13.5. The molecule has 2 unspecified atom stereocenters. The van der Waals surface area contributed by atoms with E-state index in [0.29, 0.717) is 5.69 Å². The van der Waals surface area contributed by atoms with E-state index in [1.54, 1.807) is 6.07 Å². The van der Waals surface area contributed by atoms with Gasteiger partial charge in [-0.3, -0.25) is 0 Å². The number of anilines is 1. The van der Waals surface area contributed by atoms with E-state index >= 15 is 0 Å². The van der Waals surface area contributed by atoms with Gasteiger partial charge in [-0.2, -0.15) is 0 Å². The van der Waals surface area contributed by atoms with Gasteiger partial charge in [0.25, 0.3) is 0 Å². The number of carboxylic acids is 1. The zero-order valence-electron chi connectivity index (χ0n) is 10.5. The van der Waals surface area contributed by atoms with Crippen LogP contribution in [0.25, 0.3) is 0 Å². The summed E-state index contributed by atoms with van der Waals surface area (Å²) >= 11 is 3.28. The third-order valence-corrected chi connectivity index (χ3v) is 2.98. The van der Waals surface area contributed by atoms with Crippen LogP contribution in [0, 0.1) is 6.92 Å². The zero-order valence-corrected chi connectivity index (χ0v) is 12.1. The lowest BCUT2D eigenvalue weighted by atomic mass is 10.2. The molecule has 0 aliphatic carbocycles. The first-order valence-electron chi connectivity index (χ1n) is 5.56. The number of nitrogens with one attached hydrogen (secondary N) is 2. The van der Waals surface area contributed by atoms with Crippen LogP contribution in [0.15, 0.2) is 22.7 Å². The Morgan fingerprint density at radius 2 is 2.00 bits per heavy atom. The number of aliphatic hydroxyl groups excluding tert-OH is 1.